The standard InChI is InChI=1S/C27H23Cl2FN4O3/c1-37-14-13-33(26(36)19-7-11-22(30)12-8-19)17-25(35)32-27-31-24(18-5-9-20(28)10-6-18)16-34(27)23-4-2-3-21(29)15-23/h2-12,15-16H,13-14,17H2,1H3,(H,31,32,35). The molecule has 190 valence electrons. The zero-order valence-electron chi connectivity index (χ0n) is 19.8. The number of hydrogen-bond donors (Lipinski definition) is 1. The van der Waals surface area contributed by atoms with Gasteiger partial charge in [0, 0.05) is 46.7 Å². The average Bonchev–Trinajstić information content (AvgIpc) is 3.30. The monoisotopic (exact) mass is 540 g/mol. The number of amides is 2. The van der Waals surface area contributed by atoms with Gasteiger partial charge in [-0.15, -0.1) is 0 Å². The minimum Gasteiger partial charge on any atom is -0.383 e. The number of rotatable bonds is 9. The zero-order valence-corrected chi connectivity index (χ0v) is 21.3. The number of ether oxygens (including phenoxy) is 1. The van der Waals surface area contributed by atoms with E-state index in [-0.39, 0.29) is 31.2 Å². The topological polar surface area (TPSA) is 76.5 Å². The normalized spacial score (nSPS) is 10.8. The largest absolute Gasteiger partial charge is 0.383 e. The van der Waals surface area contributed by atoms with Crippen LogP contribution >= 0.6 is 23.2 Å². The minimum atomic E-state index is -0.469. The van der Waals surface area contributed by atoms with Gasteiger partial charge >= 0.3 is 0 Å². The van der Waals surface area contributed by atoms with Crippen LogP contribution in [0.3, 0.4) is 0 Å². The number of nitrogens with zero attached hydrogens (tertiary/aromatic N) is 3. The summed E-state index contributed by atoms with van der Waals surface area (Å²) in [5.41, 5.74) is 2.35. The van der Waals surface area contributed by atoms with Gasteiger partial charge in [-0.05, 0) is 54.6 Å². The molecular formula is C27H23Cl2FN4O3. The fraction of sp³-hybridized carbons (Fsp3) is 0.148. The fourth-order valence-corrected chi connectivity index (χ4v) is 3.93. The summed E-state index contributed by atoms with van der Waals surface area (Å²) < 4.78 is 20.1. The number of methoxy groups -OCH3 is 1. The van der Waals surface area contributed by atoms with Crippen molar-refractivity contribution >= 4 is 41.0 Å². The van der Waals surface area contributed by atoms with Gasteiger partial charge < -0.3 is 9.64 Å². The molecule has 7 nitrogen and oxygen atoms in total. The van der Waals surface area contributed by atoms with Gasteiger partial charge in [0.2, 0.25) is 11.9 Å². The maximum Gasteiger partial charge on any atom is 0.254 e. The molecule has 0 unspecified atom stereocenters. The van der Waals surface area contributed by atoms with E-state index in [0.29, 0.717) is 21.4 Å². The van der Waals surface area contributed by atoms with Crippen LogP contribution in [-0.2, 0) is 9.53 Å². The van der Waals surface area contributed by atoms with Crippen LogP contribution in [0.2, 0.25) is 10.0 Å². The third-order valence-corrected chi connectivity index (χ3v) is 5.95. The van der Waals surface area contributed by atoms with E-state index in [0.717, 1.165) is 5.56 Å². The Hall–Kier alpha value is -3.72. The highest BCUT2D eigenvalue weighted by Crippen LogP contribution is 2.26. The van der Waals surface area contributed by atoms with Gasteiger partial charge in [-0.25, -0.2) is 9.37 Å². The second-order valence-electron chi connectivity index (χ2n) is 8.08. The molecule has 0 aliphatic carbocycles. The van der Waals surface area contributed by atoms with Crippen LogP contribution in [0.1, 0.15) is 10.4 Å². The summed E-state index contributed by atoms with van der Waals surface area (Å²) in [6, 6.07) is 19.4. The summed E-state index contributed by atoms with van der Waals surface area (Å²) in [4.78, 5) is 32.1. The Morgan fingerprint density at radius 2 is 1.76 bits per heavy atom. The number of halogens is 3. The lowest BCUT2D eigenvalue weighted by Crippen LogP contribution is -2.40. The first kappa shape index (κ1) is 26.3. The van der Waals surface area contributed by atoms with E-state index in [4.69, 9.17) is 27.9 Å². The van der Waals surface area contributed by atoms with Gasteiger partial charge in [-0.1, -0.05) is 41.4 Å². The second kappa shape index (κ2) is 12.0. The van der Waals surface area contributed by atoms with Crippen LogP contribution < -0.4 is 5.32 Å². The minimum absolute atomic E-state index is 0.166. The summed E-state index contributed by atoms with van der Waals surface area (Å²) in [5, 5.41) is 3.91. The first-order valence-corrected chi connectivity index (χ1v) is 12.0. The molecule has 1 N–H and O–H groups in total. The lowest BCUT2D eigenvalue weighted by Gasteiger charge is -2.22. The molecule has 3 aromatic carbocycles. The highest BCUT2D eigenvalue weighted by Gasteiger charge is 2.21. The number of benzene rings is 3. The molecule has 2 amide bonds. The Kier molecular flexibility index (Phi) is 8.55. The summed E-state index contributed by atoms with van der Waals surface area (Å²) >= 11 is 12.2. The first-order valence-electron chi connectivity index (χ1n) is 11.3. The Labute approximate surface area is 223 Å². The Morgan fingerprint density at radius 1 is 1.03 bits per heavy atom. The average molecular weight is 541 g/mol. The van der Waals surface area contributed by atoms with E-state index in [9.17, 15) is 14.0 Å². The van der Waals surface area contributed by atoms with Crippen molar-refractivity contribution in [2.45, 2.75) is 0 Å². The molecule has 4 aromatic rings. The molecule has 37 heavy (non-hydrogen) atoms. The third-order valence-electron chi connectivity index (χ3n) is 5.46. The van der Waals surface area contributed by atoms with E-state index in [2.05, 4.69) is 10.3 Å². The van der Waals surface area contributed by atoms with Gasteiger partial charge in [0.25, 0.3) is 5.91 Å². The SMILES string of the molecule is COCCN(CC(=O)Nc1nc(-c2ccc(Cl)cc2)cn1-c1cccc(Cl)c1)C(=O)c1ccc(F)cc1. The van der Waals surface area contributed by atoms with Crippen molar-refractivity contribution in [3.8, 4) is 16.9 Å². The van der Waals surface area contributed by atoms with Crippen molar-refractivity contribution in [3.05, 3.63) is 100 Å². The molecule has 0 aliphatic heterocycles. The van der Waals surface area contributed by atoms with Crippen LogP contribution in [0.5, 0.6) is 0 Å². The van der Waals surface area contributed by atoms with Gasteiger partial charge in [0.15, 0.2) is 0 Å². The van der Waals surface area contributed by atoms with E-state index in [1.54, 1.807) is 41.1 Å². The molecule has 0 bridgehead atoms. The fourth-order valence-electron chi connectivity index (χ4n) is 3.62. The molecule has 0 saturated heterocycles. The van der Waals surface area contributed by atoms with E-state index in [1.807, 2.05) is 18.2 Å². The molecule has 1 aromatic heterocycles. The second-order valence-corrected chi connectivity index (χ2v) is 8.95. The number of aromatic nitrogens is 2. The van der Waals surface area contributed by atoms with Crippen molar-refractivity contribution in [3.63, 3.8) is 0 Å². The number of anilines is 1. The highest BCUT2D eigenvalue weighted by atomic mass is 35.5. The van der Waals surface area contributed by atoms with E-state index in [1.165, 1.54) is 36.3 Å². The Morgan fingerprint density at radius 3 is 2.43 bits per heavy atom. The zero-order chi connectivity index (χ0) is 26.4. The van der Waals surface area contributed by atoms with Crippen molar-refractivity contribution in [2.75, 3.05) is 32.1 Å². The number of hydrogen-bond acceptors (Lipinski definition) is 4. The quantitative estimate of drug-likeness (QED) is 0.295. The highest BCUT2D eigenvalue weighted by molar-refractivity contribution is 6.31. The van der Waals surface area contributed by atoms with Crippen molar-refractivity contribution in [2.24, 2.45) is 0 Å². The van der Waals surface area contributed by atoms with Crippen LogP contribution in [0.15, 0.2) is 79.0 Å². The van der Waals surface area contributed by atoms with Gasteiger partial charge in [0.1, 0.15) is 12.4 Å². The summed E-state index contributed by atoms with van der Waals surface area (Å²) in [5.74, 6) is -1.10. The number of carbonyl (C=O) groups is 2. The molecule has 0 atom stereocenters. The van der Waals surface area contributed by atoms with Crippen LogP contribution in [0, 0.1) is 5.82 Å². The van der Waals surface area contributed by atoms with Crippen molar-refractivity contribution < 1.29 is 18.7 Å². The van der Waals surface area contributed by atoms with Crippen LogP contribution in [-0.4, -0.2) is 53.1 Å². The molecule has 4 rings (SSSR count). The van der Waals surface area contributed by atoms with Gasteiger partial charge in [0.05, 0.1) is 12.3 Å². The predicted molar refractivity (Wildman–Crippen MR) is 142 cm³/mol. The third kappa shape index (κ3) is 6.74. The van der Waals surface area contributed by atoms with Crippen molar-refractivity contribution in [1.82, 2.24) is 14.5 Å². The first-order chi connectivity index (χ1) is 17.8. The lowest BCUT2D eigenvalue weighted by molar-refractivity contribution is -0.117. The van der Waals surface area contributed by atoms with E-state index < -0.39 is 17.6 Å². The molecule has 0 saturated carbocycles. The Balaban J connectivity index is 1.61. The maximum absolute atomic E-state index is 13.3. The maximum atomic E-state index is 13.3. The summed E-state index contributed by atoms with van der Waals surface area (Å²) in [6.07, 6.45) is 1.77. The number of nitrogens with one attached hydrogen (secondary N) is 1. The molecule has 0 radical (unpaired) electrons. The lowest BCUT2D eigenvalue weighted by atomic mass is 10.2. The molecular weight excluding hydrogens is 518 g/mol. The van der Waals surface area contributed by atoms with Crippen LogP contribution in [0.4, 0.5) is 10.3 Å². The predicted octanol–water partition coefficient (Wildman–Crippen LogP) is 5.71. The molecule has 10 heteroatoms. The van der Waals surface area contributed by atoms with Gasteiger partial charge in [-0.3, -0.25) is 19.5 Å². The number of imidazole rings is 1. The molecule has 0 fully saturated rings. The molecule has 0 aliphatic rings. The molecule has 0 spiro atoms. The summed E-state index contributed by atoms with van der Waals surface area (Å²) in [6.45, 7) is 0.120. The van der Waals surface area contributed by atoms with Gasteiger partial charge in [-0.2, -0.15) is 0 Å². The van der Waals surface area contributed by atoms with Crippen molar-refractivity contribution in [1.29, 1.82) is 0 Å². The van der Waals surface area contributed by atoms with E-state index >= 15 is 0 Å². The van der Waals surface area contributed by atoms with Crippen LogP contribution in [0.25, 0.3) is 16.9 Å². The Bertz CT molecular complexity index is 1390. The smallest absolute Gasteiger partial charge is 0.254 e. The number of carbonyl (C=O) groups excluding carboxylic acids is 2. The summed E-state index contributed by atoms with van der Waals surface area (Å²) in [7, 11) is 1.50. The molecule has 1 heterocycles.